The zero-order valence-electron chi connectivity index (χ0n) is 11.8. The first kappa shape index (κ1) is 14.6. The smallest absolute Gasteiger partial charge is 0.257 e. The van der Waals surface area contributed by atoms with Crippen LogP contribution in [0.15, 0.2) is 18.2 Å². The van der Waals surface area contributed by atoms with Gasteiger partial charge < -0.3 is 24.2 Å². The van der Waals surface area contributed by atoms with Crippen molar-refractivity contribution in [1.29, 1.82) is 0 Å². The van der Waals surface area contributed by atoms with Gasteiger partial charge in [0.05, 0.1) is 12.7 Å². The summed E-state index contributed by atoms with van der Waals surface area (Å²) in [6, 6.07) is 4.62. The number of ether oxygens (including phenoxy) is 3. The maximum absolute atomic E-state index is 12.4. The highest BCUT2D eigenvalue weighted by atomic mass is 16.5. The molecule has 1 saturated heterocycles. The van der Waals surface area contributed by atoms with Gasteiger partial charge >= 0.3 is 0 Å². The number of hydrogen-bond acceptors (Lipinski definition) is 5. The molecule has 1 aromatic rings. The minimum Gasteiger partial charge on any atom is -0.507 e. The lowest BCUT2D eigenvalue weighted by Crippen LogP contribution is -2.30. The van der Waals surface area contributed by atoms with Crippen molar-refractivity contribution in [1.82, 2.24) is 4.90 Å². The summed E-state index contributed by atoms with van der Waals surface area (Å²) in [6.07, 6.45) is -0.298. The molecule has 1 aliphatic rings. The summed E-state index contributed by atoms with van der Waals surface area (Å²) < 4.78 is 15.6. The van der Waals surface area contributed by atoms with Crippen molar-refractivity contribution < 1.29 is 24.1 Å². The Kier molecular flexibility index (Phi) is 4.46. The van der Waals surface area contributed by atoms with E-state index < -0.39 is 0 Å². The molecular formula is C14H19NO5. The van der Waals surface area contributed by atoms with E-state index in [0.29, 0.717) is 18.8 Å². The molecule has 2 unspecified atom stereocenters. The van der Waals surface area contributed by atoms with Crippen molar-refractivity contribution in [2.75, 3.05) is 34.4 Å². The minimum absolute atomic E-state index is 0.0933. The molecule has 6 heteroatoms. The summed E-state index contributed by atoms with van der Waals surface area (Å²) in [6.45, 7) is 0.888. The molecule has 1 fully saturated rings. The number of rotatable bonds is 4. The first-order chi connectivity index (χ1) is 9.60. The van der Waals surface area contributed by atoms with Gasteiger partial charge in [-0.05, 0) is 12.1 Å². The topological polar surface area (TPSA) is 68.2 Å². The van der Waals surface area contributed by atoms with E-state index in [4.69, 9.17) is 14.2 Å². The molecule has 2 atom stereocenters. The van der Waals surface area contributed by atoms with Crippen molar-refractivity contribution in [3.05, 3.63) is 23.8 Å². The van der Waals surface area contributed by atoms with Gasteiger partial charge in [0, 0.05) is 33.4 Å². The second-order valence-electron chi connectivity index (χ2n) is 4.64. The molecule has 0 aromatic heterocycles. The van der Waals surface area contributed by atoms with Gasteiger partial charge in [-0.1, -0.05) is 0 Å². The first-order valence-electron chi connectivity index (χ1n) is 6.32. The molecule has 1 N–H and O–H groups in total. The van der Waals surface area contributed by atoms with Gasteiger partial charge in [-0.25, -0.2) is 0 Å². The van der Waals surface area contributed by atoms with Crippen molar-refractivity contribution >= 4 is 5.91 Å². The van der Waals surface area contributed by atoms with E-state index in [1.54, 1.807) is 31.3 Å². The average molecular weight is 281 g/mol. The number of hydrogen-bond donors (Lipinski definition) is 1. The van der Waals surface area contributed by atoms with E-state index in [0.717, 1.165) is 0 Å². The molecule has 1 amide bonds. The van der Waals surface area contributed by atoms with E-state index in [-0.39, 0.29) is 29.4 Å². The molecule has 6 nitrogen and oxygen atoms in total. The van der Waals surface area contributed by atoms with Crippen LogP contribution in [0.3, 0.4) is 0 Å². The molecule has 0 radical (unpaired) electrons. The zero-order valence-corrected chi connectivity index (χ0v) is 11.8. The minimum atomic E-state index is -0.244. The quantitative estimate of drug-likeness (QED) is 0.887. The highest BCUT2D eigenvalue weighted by Crippen LogP contribution is 2.26. The Labute approximate surface area is 117 Å². The number of phenolic OH excluding ortho intramolecular Hbond substituents is 1. The Morgan fingerprint density at radius 2 is 1.80 bits per heavy atom. The normalized spacial score (nSPS) is 22.1. The molecule has 1 aliphatic heterocycles. The van der Waals surface area contributed by atoms with Crippen LogP contribution in [0, 0.1) is 0 Å². The van der Waals surface area contributed by atoms with Crippen molar-refractivity contribution in [3.63, 3.8) is 0 Å². The predicted octanol–water partition coefficient (Wildman–Crippen LogP) is 0.887. The maximum atomic E-state index is 12.4. The lowest BCUT2D eigenvalue weighted by atomic mass is 10.1. The molecule has 110 valence electrons. The van der Waals surface area contributed by atoms with Gasteiger partial charge in [0.1, 0.15) is 23.7 Å². The predicted molar refractivity (Wildman–Crippen MR) is 72.2 cm³/mol. The number of benzene rings is 1. The third kappa shape index (κ3) is 2.71. The van der Waals surface area contributed by atoms with E-state index >= 15 is 0 Å². The van der Waals surface area contributed by atoms with Crippen LogP contribution in [0.5, 0.6) is 11.5 Å². The number of likely N-dealkylation sites (tertiary alicyclic amines) is 1. The average Bonchev–Trinajstić information content (AvgIpc) is 2.89. The Bertz CT molecular complexity index is 478. The molecule has 20 heavy (non-hydrogen) atoms. The fourth-order valence-electron chi connectivity index (χ4n) is 2.35. The van der Waals surface area contributed by atoms with Crippen LogP contribution in [-0.4, -0.2) is 62.5 Å². The summed E-state index contributed by atoms with van der Waals surface area (Å²) >= 11 is 0. The summed E-state index contributed by atoms with van der Waals surface area (Å²) in [7, 11) is 4.69. The van der Waals surface area contributed by atoms with Crippen molar-refractivity contribution in [2.24, 2.45) is 0 Å². The molecular weight excluding hydrogens is 262 g/mol. The molecule has 1 aromatic carbocycles. The van der Waals surface area contributed by atoms with Crippen molar-refractivity contribution in [2.45, 2.75) is 12.2 Å². The number of nitrogens with zero attached hydrogens (tertiary/aromatic N) is 1. The summed E-state index contributed by atoms with van der Waals surface area (Å²) in [5.74, 6) is 0.168. The van der Waals surface area contributed by atoms with Gasteiger partial charge in [0.15, 0.2) is 0 Å². The lowest BCUT2D eigenvalue weighted by molar-refractivity contribution is -0.00461. The number of aromatic hydroxyl groups is 1. The van der Waals surface area contributed by atoms with E-state index in [1.807, 2.05) is 0 Å². The number of methoxy groups -OCH3 is 3. The number of amides is 1. The van der Waals surface area contributed by atoms with Gasteiger partial charge in [-0.3, -0.25) is 4.79 Å². The fraction of sp³-hybridized carbons (Fsp3) is 0.500. The van der Waals surface area contributed by atoms with Crippen LogP contribution in [-0.2, 0) is 9.47 Å². The largest absolute Gasteiger partial charge is 0.507 e. The first-order valence-corrected chi connectivity index (χ1v) is 6.32. The molecule has 0 aliphatic carbocycles. The Balaban J connectivity index is 2.16. The highest BCUT2D eigenvalue weighted by Gasteiger charge is 2.36. The third-order valence-electron chi connectivity index (χ3n) is 3.54. The van der Waals surface area contributed by atoms with Crippen LogP contribution in [0.2, 0.25) is 0 Å². The fourth-order valence-corrected chi connectivity index (χ4v) is 2.35. The Morgan fingerprint density at radius 3 is 2.25 bits per heavy atom. The van der Waals surface area contributed by atoms with Crippen LogP contribution in [0.25, 0.3) is 0 Å². The van der Waals surface area contributed by atoms with Crippen LogP contribution < -0.4 is 4.74 Å². The molecule has 0 spiro atoms. The maximum Gasteiger partial charge on any atom is 0.257 e. The monoisotopic (exact) mass is 281 g/mol. The Morgan fingerprint density at radius 1 is 1.20 bits per heavy atom. The SMILES string of the molecule is COc1ccc(C(=O)N2CC(OC)C(OC)C2)c(O)c1. The van der Waals surface area contributed by atoms with Crippen LogP contribution in [0.4, 0.5) is 0 Å². The molecule has 0 saturated carbocycles. The zero-order chi connectivity index (χ0) is 14.7. The second-order valence-corrected chi connectivity index (χ2v) is 4.64. The van der Waals surface area contributed by atoms with Gasteiger partial charge in [0.25, 0.3) is 5.91 Å². The summed E-state index contributed by atoms with van der Waals surface area (Å²) in [5, 5.41) is 9.91. The van der Waals surface area contributed by atoms with Crippen LogP contribution >= 0.6 is 0 Å². The lowest BCUT2D eigenvalue weighted by Gasteiger charge is -2.16. The van der Waals surface area contributed by atoms with E-state index in [2.05, 4.69) is 0 Å². The third-order valence-corrected chi connectivity index (χ3v) is 3.54. The summed E-state index contributed by atoms with van der Waals surface area (Å²) in [4.78, 5) is 14.0. The molecule has 0 bridgehead atoms. The van der Waals surface area contributed by atoms with Gasteiger partial charge in [0.2, 0.25) is 0 Å². The summed E-state index contributed by atoms with van der Waals surface area (Å²) in [5.41, 5.74) is 0.248. The van der Waals surface area contributed by atoms with Gasteiger partial charge in [-0.15, -0.1) is 0 Å². The van der Waals surface area contributed by atoms with Gasteiger partial charge in [-0.2, -0.15) is 0 Å². The molecule has 1 heterocycles. The molecule has 2 rings (SSSR count). The standard InChI is InChI=1S/C14H19NO5/c1-18-9-4-5-10(11(16)6-9)14(17)15-7-12(19-2)13(8-15)20-3/h4-6,12-13,16H,7-8H2,1-3H3. The number of carbonyl (C=O) groups excluding carboxylic acids is 1. The van der Waals surface area contributed by atoms with Crippen molar-refractivity contribution in [3.8, 4) is 11.5 Å². The second kappa shape index (κ2) is 6.11. The van der Waals surface area contributed by atoms with Crippen LogP contribution in [0.1, 0.15) is 10.4 Å². The number of carbonyl (C=O) groups is 1. The highest BCUT2D eigenvalue weighted by molar-refractivity contribution is 5.97. The van der Waals surface area contributed by atoms with E-state index in [1.165, 1.54) is 13.2 Å². The number of phenols is 1. The van der Waals surface area contributed by atoms with E-state index in [9.17, 15) is 9.90 Å². The Hall–Kier alpha value is -1.79.